The number of hydrogen-bond donors (Lipinski definition) is 1. The Morgan fingerprint density at radius 3 is 2.36 bits per heavy atom. The minimum absolute atomic E-state index is 0.140. The topological polar surface area (TPSA) is 47.9 Å². The van der Waals surface area contributed by atoms with Gasteiger partial charge in [0, 0.05) is 6.61 Å². The quantitative estimate of drug-likeness (QED) is 0.390. The first-order valence-corrected chi connectivity index (χ1v) is 5.02. The maximum Gasteiger partial charge on any atom is 0.110 e. The third-order valence-corrected chi connectivity index (χ3v) is 1.23. The van der Waals surface area contributed by atoms with Gasteiger partial charge in [-0.3, -0.25) is 0 Å². The molecule has 14 heavy (non-hydrogen) atoms. The highest BCUT2D eigenvalue weighted by Gasteiger charge is 2.13. The van der Waals surface area contributed by atoms with Crippen molar-refractivity contribution in [3.63, 3.8) is 0 Å². The predicted molar refractivity (Wildman–Crippen MR) is 53.9 cm³/mol. The summed E-state index contributed by atoms with van der Waals surface area (Å²) in [7, 11) is 0. The number of ether oxygens (including phenoxy) is 1. The molecule has 0 aromatic rings. The van der Waals surface area contributed by atoms with E-state index in [-0.39, 0.29) is 12.2 Å². The van der Waals surface area contributed by atoms with Crippen molar-refractivity contribution >= 4 is 0 Å². The zero-order valence-electron chi connectivity index (χ0n) is 9.58. The van der Waals surface area contributed by atoms with Gasteiger partial charge in [-0.15, -0.1) is 0 Å². The zero-order valence-corrected chi connectivity index (χ0v) is 9.58. The Morgan fingerprint density at radius 1 is 1.21 bits per heavy atom. The summed E-state index contributed by atoms with van der Waals surface area (Å²) in [6.45, 7) is 8.76. The van der Waals surface area contributed by atoms with Crippen LogP contribution in [0.5, 0.6) is 0 Å². The molecule has 0 heterocycles. The summed E-state index contributed by atoms with van der Waals surface area (Å²) in [6.07, 6.45) is 0.329. The fraction of sp³-hybridized carbons (Fsp3) is 1.00. The Labute approximate surface area is 86.1 Å². The van der Waals surface area contributed by atoms with Gasteiger partial charge in [0.25, 0.3) is 0 Å². The lowest BCUT2D eigenvalue weighted by Gasteiger charge is -2.19. The third kappa shape index (κ3) is 9.92. The summed E-state index contributed by atoms with van der Waals surface area (Å²) in [5.74, 6) is 0. The smallest absolute Gasteiger partial charge is 0.110 e. The normalized spacial score (nSPS) is 14.4. The van der Waals surface area contributed by atoms with Crippen LogP contribution >= 0.6 is 0 Å². The molecular weight excluding hydrogens is 184 g/mol. The Balaban J connectivity index is 3.31. The molecule has 0 rings (SSSR count). The molecule has 0 aliphatic rings. The van der Waals surface area contributed by atoms with Crippen LogP contribution in [-0.4, -0.2) is 36.6 Å². The Morgan fingerprint density at radius 2 is 1.86 bits per heavy atom. The van der Waals surface area contributed by atoms with E-state index in [1.807, 2.05) is 27.7 Å². The maximum atomic E-state index is 9.34. The Hall–Kier alpha value is -0.160. The molecule has 0 amide bonds. The molecule has 0 radical (unpaired) electrons. The largest absolute Gasteiger partial charge is 0.388 e. The minimum Gasteiger partial charge on any atom is -0.388 e. The van der Waals surface area contributed by atoms with E-state index in [9.17, 15) is 5.11 Å². The molecule has 4 heteroatoms. The summed E-state index contributed by atoms with van der Waals surface area (Å²) in [6, 6.07) is 0. The molecule has 0 aromatic heterocycles. The maximum absolute atomic E-state index is 9.34. The van der Waals surface area contributed by atoms with E-state index >= 15 is 0 Å². The van der Waals surface area contributed by atoms with Crippen LogP contribution in [0.2, 0.25) is 0 Å². The average molecular weight is 206 g/mol. The van der Waals surface area contributed by atoms with Crippen LogP contribution < -0.4 is 0 Å². The van der Waals surface area contributed by atoms with Gasteiger partial charge in [0.2, 0.25) is 0 Å². The highest BCUT2D eigenvalue weighted by molar-refractivity contribution is 4.55. The van der Waals surface area contributed by atoms with E-state index < -0.39 is 6.10 Å². The van der Waals surface area contributed by atoms with Gasteiger partial charge in [-0.25, -0.2) is 9.78 Å². The van der Waals surface area contributed by atoms with Gasteiger partial charge >= 0.3 is 0 Å². The van der Waals surface area contributed by atoms with E-state index in [2.05, 4.69) is 0 Å². The summed E-state index contributed by atoms with van der Waals surface area (Å²) in [5.41, 5.74) is -0.343. The van der Waals surface area contributed by atoms with Crippen LogP contribution in [0.4, 0.5) is 0 Å². The molecule has 0 aliphatic heterocycles. The SMILES string of the molecule is CCCOCC(O)COOC(C)(C)C. The van der Waals surface area contributed by atoms with Gasteiger partial charge in [0.15, 0.2) is 0 Å². The molecule has 0 spiro atoms. The van der Waals surface area contributed by atoms with E-state index in [0.717, 1.165) is 6.42 Å². The summed E-state index contributed by atoms with van der Waals surface area (Å²) < 4.78 is 5.14. The zero-order chi connectivity index (χ0) is 11.0. The molecule has 0 aliphatic carbocycles. The molecule has 0 fully saturated rings. The van der Waals surface area contributed by atoms with Crippen molar-refractivity contribution in [1.29, 1.82) is 0 Å². The first kappa shape index (κ1) is 13.8. The fourth-order valence-electron chi connectivity index (χ4n) is 0.701. The van der Waals surface area contributed by atoms with Gasteiger partial charge in [-0.05, 0) is 27.2 Å². The third-order valence-electron chi connectivity index (χ3n) is 1.23. The van der Waals surface area contributed by atoms with E-state index in [1.54, 1.807) is 0 Å². The van der Waals surface area contributed by atoms with Gasteiger partial charge < -0.3 is 9.84 Å². The second-order valence-electron chi connectivity index (χ2n) is 4.21. The first-order valence-electron chi connectivity index (χ1n) is 5.02. The molecule has 0 saturated carbocycles. The Kier molecular flexibility index (Phi) is 7.09. The molecule has 0 aromatic carbocycles. The van der Waals surface area contributed by atoms with Gasteiger partial charge in [-0.1, -0.05) is 6.92 Å². The van der Waals surface area contributed by atoms with E-state index in [4.69, 9.17) is 14.5 Å². The molecule has 1 atom stereocenters. The van der Waals surface area contributed by atoms with Gasteiger partial charge in [0.1, 0.15) is 12.7 Å². The molecular formula is C10H22O4. The summed E-state index contributed by atoms with van der Waals surface area (Å²) in [4.78, 5) is 9.85. The second kappa shape index (κ2) is 7.17. The van der Waals surface area contributed by atoms with Crippen LogP contribution in [-0.2, 0) is 14.5 Å². The van der Waals surface area contributed by atoms with E-state index in [1.165, 1.54) is 0 Å². The highest BCUT2D eigenvalue weighted by Crippen LogP contribution is 2.07. The monoisotopic (exact) mass is 206 g/mol. The van der Waals surface area contributed by atoms with Crippen molar-refractivity contribution in [2.75, 3.05) is 19.8 Å². The molecule has 1 N–H and O–H groups in total. The molecule has 1 unspecified atom stereocenters. The lowest BCUT2D eigenvalue weighted by Crippen LogP contribution is -2.26. The van der Waals surface area contributed by atoms with Crippen molar-refractivity contribution in [1.82, 2.24) is 0 Å². The summed E-state index contributed by atoms with van der Waals surface area (Å²) >= 11 is 0. The predicted octanol–water partition coefficient (Wildman–Crippen LogP) is 1.52. The second-order valence-corrected chi connectivity index (χ2v) is 4.21. The van der Waals surface area contributed by atoms with Crippen LogP contribution in [0.15, 0.2) is 0 Å². The molecule has 0 saturated heterocycles. The van der Waals surface area contributed by atoms with E-state index in [0.29, 0.717) is 13.2 Å². The highest BCUT2D eigenvalue weighted by atomic mass is 17.2. The summed E-state index contributed by atoms with van der Waals surface area (Å²) in [5, 5.41) is 9.34. The van der Waals surface area contributed by atoms with Crippen LogP contribution in [0.1, 0.15) is 34.1 Å². The number of aliphatic hydroxyl groups is 1. The van der Waals surface area contributed by atoms with Crippen molar-refractivity contribution in [2.24, 2.45) is 0 Å². The standard InChI is InChI=1S/C10H22O4/c1-5-6-12-7-9(11)8-13-14-10(2,3)4/h9,11H,5-8H2,1-4H3. The number of aliphatic hydroxyl groups excluding tert-OH is 1. The lowest BCUT2D eigenvalue weighted by atomic mass is 10.2. The van der Waals surface area contributed by atoms with Crippen molar-refractivity contribution in [3.8, 4) is 0 Å². The van der Waals surface area contributed by atoms with Gasteiger partial charge in [-0.2, -0.15) is 0 Å². The molecule has 4 nitrogen and oxygen atoms in total. The van der Waals surface area contributed by atoms with Crippen LogP contribution in [0.3, 0.4) is 0 Å². The molecule has 0 bridgehead atoms. The number of rotatable bonds is 7. The fourth-order valence-corrected chi connectivity index (χ4v) is 0.701. The lowest BCUT2D eigenvalue weighted by molar-refractivity contribution is -0.357. The minimum atomic E-state index is -0.621. The van der Waals surface area contributed by atoms with Gasteiger partial charge in [0.05, 0.1) is 12.2 Å². The number of hydrogen-bond acceptors (Lipinski definition) is 4. The van der Waals surface area contributed by atoms with Crippen molar-refractivity contribution in [2.45, 2.75) is 45.8 Å². The first-order chi connectivity index (χ1) is 6.45. The van der Waals surface area contributed by atoms with Crippen LogP contribution in [0, 0.1) is 0 Å². The van der Waals surface area contributed by atoms with Crippen LogP contribution in [0.25, 0.3) is 0 Å². The van der Waals surface area contributed by atoms with Crippen molar-refractivity contribution < 1.29 is 19.6 Å². The van der Waals surface area contributed by atoms with Crippen molar-refractivity contribution in [3.05, 3.63) is 0 Å². The Bertz CT molecular complexity index is 131. The molecule has 86 valence electrons. The average Bonchev–Trinajstić information content (AvgIpc) is 2.02.